The molecule has 1 aromatic rings. The fourth-order valence-corrected chi connectivity index (χ4v) is 3.33. The van der Waals surface area contributed by atoms with E-state index in [9.17, 15) is 0 Å². The molecule has 3 unspecified atom stereocenters. The maximum Gasteiger partial charge on any atom is 0.0297 e. The molecule has 0 radical (unpaired) electrons. The Kier molecular flexibility index (Phi) is 4.87. The molecule has 1 heterocycles. The average Bonchev–Trinajstić information content (AvgIpc) is 2.38. The number of hydrogen-bond donors (Lipinski definition) is 1. The van der Waals surface area contributed by atoms with Crippen LogP contribution in [0.15, 0.2) is 12.1 Å². The summed E-state index contributed by atoms with van der Waals surface area (Å²) in [7, 11) is 2.23. The molecular weight excluding hydrogens is 244 g/mol. The van der Waals surface area contributed by atoms with E-state index >= 15 is 0 Å². The first-order valence-electron chi connectivity index (χ1n) is 7.92. The van der Waals surface area contributed by atoms with Gasteiger partial charge in [-0.2, -0.15) is 0 Å². The molecule has 2 rings (SSSR count). The highest BCUT2D eigenvalue weighted by atomic mass is 15.1. The predicted octanol–water partition coefficient (Wildman–Crippen LogP) is 3.75. The van der Waals surface area contributed by atoms with Gasteiger partial charge in [0.1, 0.15) is 0 Å². The van der Waals surface area contributed by atoms with Gasteiger partial charge in [0.25, 0.3) is 0 Å². The molecule has 0 amide bonds. The lowest BCUT2D eigenvalue weighted by atomic mass is 9.94. The van der Waals surface area contributed by atoms with Gasteiger partial charge < -0.3 is 10.2 Å². The number of hydrogen-bond acceptors (Lipinski definition) is 2. The van der Waals surface area contributed by atoms with Crippen LogP contribution >= 0.6 is 0 Å². The molecule has 1 aliphatic rings. The molecule has 2 nitrogen and oxygen atoms in total. The first kappa shape index (κ1) is 15.5. The topological polar surface area (TPSA) is 15.3 Å². The van der Waals surface area contributed by atoms with Crippen molar-refractivity contribution in [1.29, 1.82) is 0 Å². The molecule has 1 N–H and O–H groups in total. The average molecular weight is 274 g/mol. The minimum absolute atomic E-state index is 0.440. The number of nitrogens with zero attached hydrogens (tertiary/aromatic N) is 1. The molecule has 3 atom stereocenters. The highest BCUT2D eigenvalue weighted by molar-refractivity contribution is 5.38. The van der Waals surface area contributed by atoms with Crippen LogP contribution in [0.1, 0.15) is 55.0 Å². The molecule has 0 spiro atoms. The summed E-state index contributed by atoms with van der Waals surface area (Å²) in [4.78, 5) is 2.46. The van der Waals surface area contributed by atoms with Crippen LogP contribution in [-0.4, -0.2) is 30.6 Å². The van der Waals surface area contributed by atoms with Crippen molar-refractivity contribution in [2.24, 2.45) is 0 Å². The second kappa shape index (κ2) is 6.28. The Hall–Kier alpha value is -0.860. The largest absolute Gasteiger partial charge is 0.307 e. The first-order chi connectivity index (χ1) is 9.38. The third-order valence-corrected chi connectivity index (χ3v) is 5.04. The van der Waals surface area contributed by atoms with E-state index in [0.717, 1.165) is 0 Å². The van der Waals surface area contributed by atoms with Crippen molar-refractivity contribution < 1.29 is 0 Å². The number of benzene rings is 1. The second-order valence-electron chi connectivity index (χ2n) is 6.73. The summed E-state index contributed by atoms with van der Waals surface area (Å²) in [5, 5.41) is 3.85. The lowest BCUT2D eigenvalue weighted by Gasteiger charge is -2.37. The minimum Gasteiger partial charge on any atom is -0.307 e. The van der Waals surface area contributed by atoms with Crippen LogP contribution in [0.4, 0.5) is 0 Å². The molecule has 1 aromatic carbocycles. The van der Waals surface area contributed by atoms with Gasteiger partial charge in [0, 0.05) is 18.1 Å². The molecule has 0 bridgehead atoms. The van der Waals surface area contributed by atoms with Crippen molar-refractivity contribution in [3.63, 3.8) is 0 Å². The van der Waals surface area contributed by atoms with Gasteiger partial charge >= 0.3 is 0 Å². The molecular formula is C18H30N2. The quantitative estimate of drug-likeness (QED) is 0.903. The van der Waals surface area contributed by atoms with Crippen LogP contribution in [0.5, 0.6) is 0 Å². The Bertz CT molecular complexity index is 467. The van der Waals surface area contributed by atoms with Crippen molar-refractivity contribution in [1.82, 2.24) is 10.2 Å². The SMILES string of the molecule is Cc1cc(C)c(C(C)NC2CCN(C)C(C)C2)cc1C. The highest BCUT2D eigenvalue weighted by Crippen LogP contribution is 2.24. The van der Waals surface area contributed by atoms with Crippen LogP contribution in [0, 0.1) is 20.8 Å². The fourth-order valence-electron chi connectivity index (χ4n) is 3.33. The molecule has 0 saturated carbocycles. The number of rotatable bonds is 3. The van der Waals surface area contributed by atoms with Gasteiger partial charge in [0.2, 0.25) is 0 Å². The lowest BCUT2D eigenvalue weighted by molar-refractivity contribution is 0.163. The van der Waals surface area contributed by atoms with Crippen LogP contribution in [-0.2, 0) is 0 Å². The normalized spacial score (nSPS) is 25.7. The van der Waals surface area contributed by atoms with Crippen molar-refractivity contribution in [2.45, 2.75) is 65.6 Å². The van der Waals surface area contributed by atoms with Gasteiger partial charge in [-0.1, -0.05) is 12.1 Å². The van der Waals surface area contributed by atoms with E-state index in [1.165, 1.54) is 41.6 Å². The summed E-state index contributed by atoms with van der Waals surface area (Å²) < 4.78 is 0. The van der Waals surface area contributed by atoms with E-state index in [1.54, 1.807) is 0 Å². The van der Waals surface area contributed by atoms with Gasteiger partial charge in [-0.15, -0.1) is 0 Å². The summed E-state index contributed by atoms with van der Waals surface area (Å²) in [6.07, 6.45) is 2.51. The Morgan fingerprint density at radius 2 is 1.80 bits per heavy atom. The smallest absolute Gasteiger partial charge is 0.0297 e. The molecule has 1 aliphatic heterocycles. The van der Waals surface area contributed by atoms with Gasteiger partial charge in [-0.25, -0.2) is 0 Å². The van der Waals surface area contributed by atoms with Crippen LogP contribution < -0.4 is 5.32 Å². The van der Waals surface area contributed by atoms with Gasteiger partial charge in [-0.3, -0.25) is 0 Å². The summed E-state index contributed by atoms with van der Waals surface area (Å²) in [5.74, 6) is 0. The molecule has 20 heavy (non-hydrogen) atoms. The first-order valence-corrected chi connectivity index (χ1v) is 7.92. The van der Waals surface area contributed by atoms with Gasteiger partial charge in [0.15, 0.2) is 0 Å². The zero-order valence-electron chi connectivity index (χ0n) is 14.0. The molecule has 2 heteroatoms. The summed E-state index contributed by atoms with van der Waals surface area (Å²) in [5.41, 5.74) is 5.66. The maximum absolute atomic E-state index is 3.85. The molecule has 1 saturated heterocycles. The van der Waals surface area contributed by atoms with Crippen molar-refractivity contribution in [2.75, 3.05) is 13.6 Å². The van der Waals surface area contributed by atoms with E-state index in [4.69, 9.17) is 0 Å². The Morgan fingerprint density at radius 1 is 1.15 bits per heavy atom. The fraction of sp³-hybridized carbons (Fsp3) is 0.667. The third kappa shape index (κ3) is 3.42. The number of aryl methyl sites for hydroxylation is 3. The van der Waals surface area contributed by atoms with Crippen molar-refractivity contribution >= 4 is 0 Å². The molecule has 1 fully saturated rings. The third-order valence-electron chi connectivity index (χ3n) is 5.04. The standard InChI is InChI=1S/C18H30N2/c1-12-9-14(3)18(10-13(12)2)16(5)19-17-7-8-20(6)15(4)11-17/h9-10,15-17,19H,7-8,11H2,1-6H3. The monoisotopic (exact) mass is 274 g/mol. The summed E-state index contributed by atoms with van der Waals surface area (Å²) in [6.45, 7) is 12.5. The zero-order valence-corrected chi connectivity index (χ0v) is 14.0. The van der Waals surface area contributed by atoms with E-state index in [0.29, 0.717) is 18.1 Å². The summed E-state index contributed by atoms with van der Waals surface area (Å²) in [6, 6.07) is 6.46. The summed E-state index contributed by atoms with van der Waals surface area (Å²) >= 11 is 0. The Morgan fingerprint density at radius 3 is 2.45 bits per heavy atom. The van der Waals surface area contributed by atoms with E-state index < -0.39 is 0 Å². The van der Waals surface area contributed by atoms with E-state index in [-0.39, 0.29) is 0 Å². The van der Waals surface area contributed by atoms with Crippen LogP contribution in [0.2, 0.25) is 0 Å². The molecule has 0 aromatic heterocycles. The minimum atomic E-state index is 0.440. The Labute approximate surface area is 124 Å². The molecule has 0 aliphatic carbocycles. The van der Waals surface area contributed by atoms with Gasteiger partial charge in [0.05, 0.1) is 0 Å². The number of likely N-dealkylation sites (tertiary alicyclic amines) is 1. The van der Waals surface area contributed by atoms with Crippen LogP contribution in [0.25, 0.3) is 0 Å². The highest BCUT2D eigenvalue weighted by Gasteiger charge is 2.24. The number of nitrogens with one attached hydrogen (secondary N) is 1. The zero-order chi connectivity index (χ0) is 14.9. The predicted molar refractivity (Wildman–Crippen MR) is 87.3 cm³/mol. The van der Waals surface area contributed by atoms with Gasteiger partial charge in [-0.05, 0) is 83.3 Å². The van der Waals surface area contributed by atoms with Crippen molar-refractivity contribution in [3.8, 4) is 0 Å². The van der Waals surface area contributed by atoms with E-state index in [1.807, 2.05) is 0 Å². The van der Waals surface area contributed by atoms with Crippen LogP contribution in [0.3, 0.4) is 0 Å². The lowest BCUT2D eigenvalue weighted by Crippen LogP contribution is -2.46. The maximum atomic E-state index is 3.85. The Balaban J connectivity index is 2.05. The molecule has 112 valence electrons. The van der Waals surface area contributed by atoms with E-state index in [2.05, 4.69) is 64.0 Å². The number of piperidine rings is 1. The van der Waals surface area contributed by atoms with Crippen molar-refractivity contribution in [3.05, 3.63) is 34.4 Å². The second-order valence-corrected chi connectivity index (χ2v) is 6.73.